The van der Waals surface area contributed by atoms with E-state index < -0.39 is 18.9 Å². The Balaban J connectivity index is 3.20. The lowest BCUT2D eigenvalue weighted by atomic mass is 10.8. The van der Waals surface area contributed by atoms with Crippen LogP contribution in [0.3, 0.4) is 0 Å². The molecule has 10 heavy (non-hydrogen) atoms. The fraction of sp³-hybridized carbons (Fsp3) is 0.400. The molecule has 0 aromatic carbocycles. The smallest absolute Gasteiger partial charge is 0.438 e. The van der Waals surface area contributed by atoms with Crippen LogP contribution in [0, 0.1) is 6.92 Å². The summed E-state index contributed by atoms with van der Waals surface area (Å²) in [6.45, 7) is 2.40. The number of carbonyl (C=O) groups excluding carboxylic acids is 2. The van der Waals surface area contributed by atoms with Crippen LogP contribution < -0.4 is 0 Å². The molecule has 1 radical (unpaired) electrons. The summed E-state index contributed by atoms with van der Waals surface area (Å²) in [6, 6.07) is 0. The molecule has 0 saturated heterocycles. The van der Waals surface area contributed by atoms with Crippen molar-refractivity contribution in [2.24, 2.45) is 0 Å². The van der Waals surface area contributed by atoms with E-state index in [2.05, 4.69) is 21.1 Å². The summed E-state index contributed by atoms with van der Waals surface area (Å²) in [5, 5.41) is 0. The molecular formula is C5H7O5. The molecule has 0 fully saturated rings. The summed E-state index contributed by atoms with van der Waals surface area (Å²) in [7, 11) is 1.15. The van der Waals surface area contributed by atoms with Gasteiger partial charge < -0.3 is 14.2 Å². The Bertz CT molecular complexity index is 130. The third-order valence-corrected chi connectivity index (χ3v) is 0.563. The van der Waals surface area contributed by atoms with Gasteiger partial charge >= 0.3 is 12.1 Å². The minimum absolute atomic E-state index is 0.463. The summed E-state index contributed by atoms with van der Waals surface area (Å²) < 4.78 is 12.4. The van der Waals surface area contributed by atoms with Gasteiger partial charge in [-0.15, -0.1) is 0 Å². The van der Waals surface area contributed by atoms with Gasteiger partial charge in [0.1, 0.15) is 0 Å². The van der Waals surface area contributed by atoms with Gasteiger partial charge in [0.25, 0.3) is 0 Å². The van der Waals surface area contributed by atoms with E-state index >= 15 is 0 Å². The first kappa shape index (κ1) is 8.74. The van der Waals surface area contributed by atoms with Crippen molar-refractivity contribution < 1.29 is 23.8 Å². The Morgan fingerprint density at radius 2 is 2.00 bits per heavy atom. The second-order valence-electron chi connectivity index (χ2n) is 1.23. The second kappa shape index (κ2) is 4.60. The molecule has 0 bridgehead atoms. The topological polar surface area (TPSA) is 61.8 Å². The van der Waals surface area contributed by atoms with Gasteiger partial charge in [-0.1, -0.05) is 0 Å². The molecule has 0 spiro atoms. The van der Waals surface area contributed by atoms with Crippen LogP contribution in [-0.2, 0) is 19.0 Å². The van der Waals surface area contributed by atoms with Gasteiger partial charge in [0.05, 0.1) is 14.0 Å². The molecule has 0 aliphatic rings. The van der Waals surface area contributed by atoms with E-state index in [-0.39, 0.29) is 0 Å². The van der Waals surface area contributed by atoms with E-state index in [1.807, 2.05) is 0 Å². The van der Waals surface area contributed by atoms with E-state index in [1.165, 1.54) is 0 Å². The molecule has 0 aromatic rings. The molecular weight excluding hydrogens is 140 g/mol. The fourth-order valence-corrected chi connectivity index (χ4v) is 0.202. The van der Waals surface area contributed by atoms with Gasteiger partial charge in [-0.2, -0.15) is 0 Å². The van der Waals surface area contributed by atoms with E-state index in [0.29, 0.717) is 0 Å². The number of methoxy groups -OCH3 is 1. The molecule has 0 saturated carbocycles. The number of rotatable bonds is 2. The van der Waals surface area contributed by atoms with Crippen LogP contribution in [0.1, 0.15) is 0 Å². The van der Waals surface area contributed by atoms with Gasteiger partial charge in [0.15, 0.2) is 0 Å². The van der Waals surface area contributed by atoms with Crippen LogP contribution >= 0.6 is 0 Å². The average Bonchev–Trinajstić information content (AvgIpc) is 1.87. The van der Waals surface area contributed by atoms with E-state index in [4.69, 9.17) is 0 Å². The molecule has 5 nitrogen and oxygen atoms in total. The first-order valence-electron chi connectivity index (χ1n) is 2.36. The molecule has 0 rings (SSSR count). The monoisotopic (exact) mass is 147 g/mol. The highest BCUT2D eigenvalue weighted by atomic mass is 16.8. The Morgan fingerprint density at radius 3 is 2.40 bits per heavy atom. The lowest BCUT2D eigenvalue weighted by molar-refractivity contribution is -0.147. The Morgan fingerprint density at radius 1 is 1.40 bits per heavy atom. The van der Waals surface area contributed by atoms with Gasteiger partial charge in [-0.25, -0.2) is 4.79 Å². The van der Waals surface area contributed by atoms with Crippen LogP contribution in [0.25, 0.3) is 0 Å². The largest absolute Gasteiger partial charge is 0.510 e. The van der Waals surface area contributed by atoms with Crippen molar-refractivity contribution in [2.75, 3.05) is 13.9 Å². The minimum Gasteiger partial charge on any atom is -0.438 e. The zero-order chi connectivity index (χ0) is 7.98. The molecule has 0 N–H and O–H groups in total. The molecule has 5 heteroatoms. The van der Waals surface area contributed by atoms with Crippen molar-refractivity contribution >= 4 is 12.1 Å². The summed E-state index contributed by atoms with van der Waals surface area (Å²) in [4.78, 5) is 20.1. The predicted octanol–water partition coefficient (Wildman–Crippen LogP) is 0.104. The average molecular weight is 147 g/mol. The maximum absolute atomic E-state index is 10.1. The lowest BCUT2D eigenvalue weighted by Gasteiger charge is -2.00. The zero-order valence-electron chi connectivity index (χ0n) is 5.46. The van der Waals surface area contributed by atoms with E-state index in [0.717, 1.165) is 7.11 Å². The molecule has 0 aromatic heterocycles. The maximum atomic E-state index is 10.1. The highest BCUT2D eigenvalue weighted by molar-refractivity contribution is 5.73. The third kappa shape index (κ3) is 4.89. The number of carbonyl (C=O) groups is 2. The Labute approximate surface area is 57.9 Å². The summed E-state index contributed by atoms with van der Waals surface area (Å²) in [6.07, 6.45) is -0.902. The first-order chi connectivity index (χ1) is 4.66. The summed E-state index contributed by atoms with van der Waals surface area (Å²) in [5.41, 5.74) is 0. The number of ether oxygens (including phenoxy) is 3. The highest BCUT2D eigenvalue weighted by Gasteiger charge is 1.99. The Hall–Kier alpha value is -1.26. The molecule has 0 aliphatic carbocycles. The normalized spacial score (nSPS) is 8.20. The van der Waals surface area contributed by atoms with Gasteiger partial charge in [0.2, 0.25) is 6.79 Å². The first-order valence-corrected chi connectivity index (χ1v) is 2.36. The van der Waals surface area contributed by atoms with Crippen molar-refractivity contribution in [3.8, 4) is 0 Å². The van der Waals surface area contributed by atoms with Gasteiger partial charge in [0, 0.05) is 0 Å². The van der Waals surface area contributed by atoms with Crippen LogP contribution in [0.2, 0.25) is 0 Å². The summed E-state index contributed by atoms with van der Waals surface area (Å²) in [5.74, 6) is -0.760. The minimum atomic E-state index is -0.902. The van der Waals surface area contributed by atoms with Crippen LogP contribution in [0.4, 0.5) is 4.79 Å². The van der Waals surface area contributed by atoms with Gasteiger partial charge in [-0.05, 0) is 0 Å². The van der Waals surface area contributed by atoms with Crippen LogP contribution in [-0.4, -0.2) is 26.0 Å². The van der Waals surface area contributed by atoms with Gasteiger partial charge in [-0.3, -0.25) is 4.79 Å². The third-order valence-electron chi connectivity index (χ3n) is 0.563. The quantitative estimate of drug-likeness (QED) is 0.409. The highest BCUT2D eigenvalue weighted by Crippen LogP contribution is 1.83. The van der Waals surface area contributed by atoms with E-state index in [1.54, 1.807) is 0 Å². The number of esters is 1. The Kier molecular flexibility index (Phi) is 4.02. The SMILES string of the molecule is [CH2]C(=O)OCOC(=O)OC. The van der Waals surface area contributed by atoms with Crippen molar-refractivity contribution in [2.45, 2.75) is 0 Å². The summed E-state index contributed by atoms with van der Waals surface area (Å²) >= 11 is 0. The molecule has 57 valence electrons. The standard InChI is InChI=1S/C5H7O5/c1-4(6)9-3-10-5(7)8-2/h1,3H2,2H3. The fourth-order valence-electron chi connectivity index (χ4n) is 0.202. The van der Waals surface area contributed by atoms with E-state index in [9.17, 15) is 9.59 Å². The van der Waals surface area contributed by atoms with Crippen molar-refractivity contribution in [1.82, 2.24) is 0 Å². The van der Waals surface area contributed by atoms with Crippen LogP contribution in [0.15, 0.2) is 0 Å². The van der Waals surface area contributed by atoms with Crippen molar-refractivity contribution in [3.63, 3.8) is 0 Å². The number of hydrogen-bond donors (Lipinski definition) is 0. The molecule has 0 unspecified atom stereocenters. The molecule has 0 heterocycles. The molecule has 0 atom stereocenters. The predicted molar refractivity (Wildman–Crippen MR) is 29.8 cm³/mol. The molecule has 0 aliphatic heterocycles. The number of hydrogen-bond acceptors (Lipinski definition) is 5. The lowest BCUT2D eigenvalue weighted by Crippen LogP contribution is -2.10. The van der Waals surface area contributed by atoms with Crippen molar-refractivity contribution in [1.29, 1.82) is 0 Å². The molecule has 0 amide bonds. The zero-order valence-corrected chi connectivity index (χ0v) is 5.46. The second-order valence-corrected chi connectivity index (χ2v) is 1.23. The van der Waals surface area contributed by atoms with Crippen LogP contribution in [0.5, 0.6) is 0 Å². The van der Waals surface area contributed by atoms with Crippen molar-refractivity contribution in [3.05, 3.63) is 6.92 Å². The maximum Gasteiger partial charge on any atom is 0.510 e.